The molecule has 0 saturated heterocycles. The van der Waals surface area contributed by atoms with E-state index in [9.17, 15) is 4.79 Å². The first-order valence-corrected chi connectivity index (χ1v) is 8.41. The van der Waals surface area contributed by atoms with Crippen LogP contribution in [0, 0.1) is 0 Å². The lowest BCUT2D eigenvalue weighted by molar-refractivity contribution is 0.0503. The molecule has 3 aromatic carbocycles. The smallest absolute Gasteiger partial charge is 0.338 e. The number of hydrogen-bond acceptors (Lipinski definition) is 3. The molecule has 0 fully saturated rings. The Morgan fingerprint density at radius 1 is 0.760 bits per heavy atom. The van der Waals surface area contributed by atoms with Crippen LogP contribution in [-0.4, -0.2) is 19.1 Å². The maximum absolute atomic E-state index is 12.0. The van der Waals surface area contributed by atoms with E-state index in [0.717, 1.165) is 11.1 Å². The molecule has 0 aromatic heterocycles. The number of hydrogen-bond donors (Lipinski definition) is 1. The number of carbonyl (C=O) groups excluding carboxylic acids is 1. The van der Waals surface area contributed by atoms with E-state index in [1.54, 1.807) is 0 Å². The van der Waals surface area contributed by atoms with Crippen LogP contribution >= 0.6 is 0 Å². The number of benzene rings is 3. The number of esters is 1. The van der Waals surface area contributed by atoms with Gasteiger partial charge >= 0.3 is 5.97 Å². The van der Waals surface area contributed by atoms with Crippen LogP contribution in [0.4, 0.5) is 0 Å². The van der Waals surface area contributed by atoms with E-state index in [0.29, 0.717) is 25.1 Å². The second kappa shape index (κ2) is 8.27. The molecular formula is C22H21NO2. The van der Waals surface area contributed by atoms with Crippen molar-refractivity contribution < 1.29 is 9.53 Å². The first kappa shape index (κ1) is 16.9. The van der Waals surface area contributed by atoms with Crippen LogP contribution in [0.25, 0.3) is 22.3 Å². The van der Waals surface area contributed by atoms with Gasteiger partial charge in [-0.05, 0) is 47.4 Å². The van der Waals surface area contributed by atoms with Gasteiger partial charge in [0, 0.05) is 0 Å². The molecule has 3 rings (SSSR count). The summed E-state index contributed by atoms with van der Waals surface area (Å²) < 4.78 is 5.19. The van der Waals surface area contributed by atoms with Crippen molar-refractivity contribution in [3.63, 3.8) is 0 Å². The molecule has 3 aromatic rings. The fourth-order valence-electron chi connectivity index (χ4n) is 2.72. The molecule has 0 saturated carbocycles. The average molecular weight is 331 g/mol. The fraction of sp³-hybridized carbons (Fsp3) is 0.136. The maximum atomic E-state index is 12.0. The van der Waals surface area contributed by atoms with E-state index in [4.69, 9.17) is 10.5 Å². The zero-order valence-electron chi connectivity index (χ0n) is 14.0. The summed E-state index contributed by atoms with van der Waals surface area (Å²) in [5.41, 5.74) is 10.5. The molecular weight excluding hydrogens is 310 g/mol. The molecule has 0 amide bonds. The van der Waals surface area contributed by atoms with Crippen molar-refractivity contribution in [2.75, 3.05) is 13.2 Å². The second-order valence-electron chi connectivity index (χ2n) is 5.77. The van der Waals surface area contributed by atoms with E-state index in [2.05, 4.69) is 24.3 Å². The van der Waals surface area contributed by atoms with Gasteiger partial charge in [0.2, 0.25) is 0 Å². The third-order valence-electron chi connectivity index (χ3n) is 4.03. The Morgan fingerprint density at radius 3 is 1.92 bits per heavy atom. The van der Waals surface area contributed by atoms with Crippen LogP contribution in [0.5, 0.6) is 0 Å². The van der Waals surface area contributed by atoms with Gasteiger partial charge in [0.1, 0.15) is 0 Å². The predicted molar refractivity (Wildman–Crippen MR) is 101 cm³/mol. The molecule has 0 spiro atoms. The quantitative estimate of drug-likeness (QED) is 0.533. The SMILES string of the molecule is NCCCOC(=O)c1ccc(-c2ccccc2-c2ccccc2)cc1. The highest BCUT2D eigenvalue weighted by Gasteiger charge is 2.10. The van der Waals surface area contributed by atoms with Crippen molar-refractivity contribution in [3.05, 3.63) is 84.4 Å². The highest BCUT2D eigenvalue weighted by atomic mass is 16.5. The normalized spacial score (nSPS) is 10.4. The highest BCUT2D eigenvalue weighted by molar-refractivity contribution is 5.91. The predicted octanol–water partition coefficient (Wildman–Crippen LogP) is 4.53. The van der Waals surface area contributed by atoms with E-state index in [-0.39, 0.29) is 5.97 Å². The Morgan fingerprint density at radius 2 is 1.32 bits per heavy atom. The summed E-state index contributed by atoms with van der Waals surface area (Å²) in [5, 5.41) is 0. The molecule has 0 heterocycles. The van der Waals surface area contributed by atoms with Gasteiger partial charge in [0.15, 0.2) is 0 Å². The van der Waals surface area contributed by atoms with E-state index in [1.165, 1.54) is 11.1 Å². The first-order valence-electron chi connectivity index (χ1n) is 8.41. The molecule has 3 nitrogen and oxygen atoms in total. The molecule has 0 bridgehead atoms. The lowest BCUT2D eigenvalue weighted by atomic mass is 9.94. The van der Waals surface area contributed by atoms with E-state index >= 15 is 0 Å². The van der Waals surface area contributed by atoms with Crippen molar-refractivity contribution in [2.24, 2.45) is 5.73 Å². The Bertz CT molecular complexity index is 826. The van der Waals surface area contributed by atoms with Gasteiger partial charge in [-0.25, -0.2) is 4.79 Å². The molecule has 25 heavy (non-hydrogen) atoms. The Kier molecular flexibility index (Phi) is 5.60. The van der Waals surface area contributed by atoms with Gasteiger partial charge in [0.05, 0.1) is 12.2 Å². The molecule has 126 valence electrons. The third-order valence-corrected chi connectivity index (χ3v) is 4.03. The second-order valence-corrected chi connectivity index (χ2v) is 5.77. The topological polar surface area (TPSA) is 52.3 Å². The molecule has 0 aliphatic carbocycles. The van der Waals surface area contributed by atoms with E-state index in [1.807, 2.05) is 54.6 Å². The zero-order valence-corrected chi connectivity index (χ0v) is 14.0. The van der Waals surface area contributed by atoms with Gasteiger partial charge in [-0.15, -0.1) is 0 Å². The highest BCUT2D eigenvalue weighted by Crippen LogP contribution is 2.31. The van der Waals surface area contributed by atoms with E-state index < -0.39 is 0 Å². The summed E-state index contributed by atoms with van der Waals surface area (Å²) in [6, 6.07) is 26.1. The summed E-state index contributed by atoms with van der Waals surface area (Å²) in [4.78, 5) is 12.0. The molecule has 0 aliphatic heterocycles. The summed E-state index contributed by atoms with van der Waals surface area (Å²) >= 11 is 0. The molecule has 3 heteroatoms. The summed E-state index contributed by atoms with van der Waals surface area (Å²) in [7, 11) is 0. The molecule has 0 radical (unpaired) electrons. The van der Waals surface area contributed by atoms with Crippen molar-refractivity contribution in [1.29, 1.82) is 0 Å². The van der Waals surface area contributed by atoms with Gasteiger partial charge in [0.25, 0.3) is 0 Å². The standard InChI is InChI=1S/C22H21NO2/c23-15-6-16-25-22(24)19-13-11-18(12-14-19)21-10-5-4-9-20(21)17-7-2-1-3-8-17/h1-5,7-14H,6,15-16,23H2. The molecule has 0 aliphatic rings. The number of carbonyl (C=O) groups is 1. The van der Waals surface area contributed by atoms with Crippen LogP contribution in [0.3, 0.4) is 0 Å². The van der Waals surface area contributed by atoms with Gasteiger partial charge < -0.3 is 10.5 Å². The lowest BCUT2D eigenvalue weighted by Gasteiger charge is -2.11. The lowest BCUT2D eigenvalue weighted by Crippen LogP contribution is -2.10. The fourth-order valence-corrected chi connectivity index (χ4v) is 2.72. The minimum atomic E-state index is -0.309. The molecule has 0 unspecified atom stereocenters. The minimum Gasteiger partial charge on any atom is -0.462 e. The first-order chi connectivity index (χ1) is 12.3. The van der Waals surface area contributed by atoms with Crippen LogP contribution in [0.1, 0.15) is 16.8 Å². The summed E-state index contributed by atoms with van der Waals surface area (Å²) in [5.74, 6) is -0.309. The van der Waals surface area contributed by atoms with Gasteiger partial charge in [-0.3, -0.25) is 0 Å². The maximum Gasteiger partial charge on any atom is 0.338 e. The van der Waals surface area contributed by atoms with Crippen LogP contribution in [0.2, 0.25) is 0 Å². The van der Waals surface area contributed by atoms with Crippen molar-refractivity contribution >= 4 is 5.97 Å². The van der Waals surface area contributed by atoms with Crippen molar-refractivity contribution in [3.8, 4) is 22.3 Å². The zero-order chi connectivity index (χ0) is 17.5. The van der Waals surface area contributed by atoms with Gasteiger partial charge in [-0.1, -0.05) is 66.7 Å². The van der Waals surface area contributed by atoms with Crippen LogP contribution in [0.15, 0.2) is 78.9 Å². The Hall–Kier alpha value is -2.91. The average Bonchev–Trinajstić information content (AvgIpc) is 2.69. The summed E-state index contributed by atoms with van der Waals surface area (Å²) in [6.45, 7) is 0.871. The molecule has 2 N–H and O–H groups in total. The Labute approximate surface area is 148 Å². The number of rotatable bonds is 6. The Balaban J connectivity index is 1.85. The van der Waals surface area contributed by atoms with Crippen molar-refractivity contribution in [1.82, 2.24) is 0 Å². The monoisotopic (exact) mass is 331 g/mol. The molecule has 0 atom stereocenters. The largest absolute Gasteiger partial charge is 0.462 e. The van der Waals surface area contributed by atoms with Crippen molar-refractivity contribution in [2.45, 2.75) is 6.42 Å². The summed E-state index contributed by atoms with van der Waals surface area (Å²) in [6.07, 6.45) is 0.675. The third kappa shape index (κ3) is 4.14. The van der Waals surface area contributed by atoms with Crippen LogP contribution < -0.4 is 5.73 Å². The van der Waals surface area contributed by atoms with Gasteiger partial charge in [-0.2, -0.15) is 0 Å². The number of nitrogens with two attached hydrogens (primary N) is 1. The minimum absolute atomic E-state index is 0.309. The number of ether oxygens (including phenoxy) is 1. The van der Waals surface area contributed by atoms with Crippen LogP contribution in [-0.2, 0) is 4.74 Å².